The van der Waals surface area contributed by atoms with Gasteiger partial charge in [0.1, 0.15) is 18.2 Å². The van der Waals surface area contributed by atoms with Crippen LogP contribution in [0.1, 0.15) is 5.56 Å². The first kappa shape index (κ1) is 12.1. The van der Waals surface area contributed by atoms with Crippen LogP contribution in [-0.2, 0) is 11.3 Å². The monoisotopic (exact) mass is 248 g/mol. The number of para-hydroxylation sites is 1. The van der Waals surface area contributed by atoms with Crippen LogP contribution >= 0.6 is 0 Å². The lowest BCUT2D eigenvalue weighted by molar-refractivity contribution is -0.116. The molecular formula is C12H13FN4O. The summed E-state index contributed by atoms with van der Waals surface area (Å²) in [7, 11) is 0. The number of nitrogen functional groups attached to an aromatic ring is 1. The molecule has 0 aliphatic rings. The predicted molar refractivity (Wildman–Crippen MR) is 66.4 cm³/mol. The average Bonchev–Trinajstić information content (AvgIpc) is 2.69. The van der Waals surface area contributed by atoms with Gasteiger partial charge >= 0.3 is 0 Å². The van der Waals surface area contributed by atoms with Gasteiger partial charge in [0.25, 0.3) is 0 Å². The number of nitrogens with one attached hydrogen (secondary N) is 1. The van der Waals surface area contributed by atoms with Crippen LogP contribution in [0.25, 0.3) is 0 Å². The van der Waals surface area contributed by atoms with E-state index in [1.54, 1.807) is 31.3 Å². The van der Waals surface area contributed by atoms with E-state index in [0.717, 1.165) is 0 Å². The summed E-state index contributed by atoms with van der Waals surface area (Å²) >= 11 is 0. The minimum Gasteiger partial charge on any atom is -0.382 e. The number of anilines is 2. The maximum atomic E-state index is 13.5. The molecule has 0 spiro atoms. The van der Waals surface area contributed by atoms with Crippen LogP contribution < -0.4 is 11.1 Å². The molecule has 1 amide bonds. The third-order valence-electron chi connectivity index (χ3n) is 2.45. The van der Waals surface area contributed by atoms with Crippen molar-refractivity contribution in [2.24, 2.45) is 0 Å². The molecule has 0 aliphatic carbocycles. The minimum atomic E-state index is -0.455. The van der Waals surface area contributed by atoms with Crippen molar-refractivity contribution in [1.29, 1.82) is 0 Å². The van der Waals surface area contributed by atoms with Gasteiger partial charge in [-0.3, -0.25) is 9.48 Å². The molecule has 18 heavy (non-hydrogen) atoms. The SMILES string of the molecule is Cc1cccc(F)c1NC(=O)Cn1ccc(N)n1. The lowest BCUT2D eigenvalue weighted by Crippen LogP contribution is -2.20. The molecule has 0 aliphatic heterocycles. The first-order valence-electron chi connectivity index (χ1n) is 5.40. The molecule has 6 heteroatoms. The fourth-order valence-electron chi connectivity index (χ4n) is 1.58. The van der Waals surface area contributed by atoms with Crippen molar-refractivity contribution in [2.75, 3.05) is 11.1 Å². The van der Waals surface area contributed by atoms with Crippen LogP contribution in [0, 0.1) is 12.7 Å². The van der Waals surface area contributed by atoms with Gasteiger partial charge in [-0.25, -0.2) is 4.39 Å². The Hall–Kier alpha value is -2.37. The Bertz CT molecular complexity index is 559. The molecule has 0 fully saturated rings. The summed E-state index contributed by atoms with van der Waals surface area (Å²) in [5.74, 6) is -0.473. The molecule has 94 valence electrons. The highest BCUT2D eigenvalue weighted by atomic mass is 19.1. The van der Waals surface area contributed by atoms with E-state index in [-0.39, 0.29) is 18.1 Å². The lowest BCUT2D eigenvalue weighted by atomic mass is 10.2. The third-order valence-corrected chi connectivity index (χ3v) is 2.45. The molecule has 2 rings (SSSR count). The van der Waals surface area contributed by atoms with Crippen LogP contribution in [0.3, 0.4) is 0 Å². The second kappa shape index (κ2) is 4.87. The van der Waals surface area contributed by atoms with E-state index in [0.29, 0.717) is 11.4 Å². The maximum Gasteiger partial charge on any atom is 0.246 e. The highest BCUT2D eigenvalue weighted by Gasteiger charge is 2.10. The first-order valence-corrected chi connectivity index (χ1v) is 5.40. The van der Waals surface area contributed by atoms with Crippen molar-refractivity contribution < 1.29 is 9.18 Å². The number of rotatable bonds is 3. The van der Waals surface area contributed by atoms with Crippen LogP contribution in [-0.4, -0.2) is 15.7 Å². The Morgan fingerprint density at radius 2 is 2.28 bits per heavy atom. The van der Waals surface area contributed by atoms with Gasteiger partial charge in [-0.2, -0.15) is 5.10 Å². The van der Waals surface area contributed by atoms with Crippen LogP contribution in [0.4, 0.5) is 15.9 Å². The van der Waals surface area contributed by atoms with Gasteiger partial charge in [0.05, 0.1) is 5.69 Å². The second-order valence-corrected chi connectivity index (χ2v) is 3.92. The summed E-state index contributed by atoms with van der Waals surface area (Å²) in [4.78, 5) is 11.7. The quantitative estimate of drug-likeness (QED) is 0.865. The molecule has 0 saturated heterocycles. The molecule has 3 N–H and O–H groups in total. The fourth-order valence-corrected chi connectivity index (χ4v) is 1.58. The number of halogens is 1. The molecule has 0 saturated carbocycles. The highest BCUT2D eigenvalue weighted by Crippen LogP contribution is 2.18. The Morgan fingerprint density at radius 1 is 1.50 bits per heavy atom. The normalized spacial score (nSPS) is 10.3. The number of hydrogen-bond donors (Lipinski definition) is 2. The molecule has 2 aromatic rings. The van der Waals surface area contributed by atoms with E-state index in [4.69, 9.17) is 5.73 Å². The van der Waals surface area contributed by atoms with E-state index in [9.17, 15) is 9.18 Å². The summed E-state index contributed by atoms with van der Waals surface area (Å²) < 4.78 is 14.9. The van der Waals surface area contributed by atoms with Gasteiger partial charge in [-0.15, -0.1) is 0 Å². The highest BCUT2D eigenvalue weighted by molar-refractivity contribution is 5.91. The van der Waals surface area contributed by atoms with Crippen molar-refractivity contribution in [3.8, 4) is 0 Å². The molecule has 0 bridgehead atoms. The molecule has 0 radical (unpaired) electrons. The first-order chi connectivity index (χ1) is 8.56. The number of aryl methyl sites for hydroxylation is 1. The Labute approximate surface area is 103 Å². The minimum absolute atomic E-state index is 0.00895. The molecule has 5 nitrogen and oxygen atoms in total. The van der Waals surface area contributed by atoms with Gasteiger partial charge < -0.3 is 11.1 Å². The van der Waals surface area contributed by atoms with E-state index in [1.165, 1.54) is 10.7 Å². The molecule has 1 heterocycles. The molecule has 0 atom stereocenters. The maximum absolute atomic E-state index is 13.5. The van der Waals surface area contributed by atoms with E-state index < -0.39 is 5.82 Å². The van der Waals surface area contributed by atoms with E-state index in [1.807, 2.05) is 0 Å². The predicted octanol–water partition coefficient (Wildman–Crippen LogP) is 1.55. The van der Waals surface area contributed by atoms with Crippen molar-refractivity contribution in [3.05, 3.63) is 41.8 Å². The van der Waals surface area contributed by atoms with E-state index in [2.05, 4.69) is 10.4 Å². The van der Waals surface area contributed by atoms with Crippen LogP contribution in [0.5, 0.6) is 0 Å². The van der Waals surface area contributed by atoms with Gasteiger partial charge in [-0.05, 0) is 24.6 Å². The Morgan fingerprint density at radius 3 is 2.89 bits per heavy atom. The lowest BCUT2D eigenvalue weighted by Gasteiger charge is -2.09. The summed E-state index contributed by atoms with van der Waals surface area (Å²) in [5.41, 5.74) is 6.30. The van der Waals surface area contributed by atoms with E-state index >= 15 is 0 Å². The van der Waals surface area contributed by atoms with Gasteiger partial charge in [0.15, 0.2) is 0 Å². The van der Waals surface area contributed by atoms with Crippen LogP contribution in [0.2, 0.25) is 0 Å². The fraction of sp³-hybridized carbons (Fsp3) is 0.167. The van der Waals surface area contributed by atoms with Crippen molar-refractivity contribution in [1.82, 2.24) is 9.78 Å². The average molecular weight is 248 g/mol. The standard InChI is InChI=1S/C12H13FN4O/c1-8-3-2-4-9(13)12(8)15-11(18)7-17-6-5-10(14)16-17/h2-6H,7H2,1H3,(H2,14,16)(H,15,18). The summed E-state index contributed by atoms with van der Waals surface area (Å²) in [6.45, 7) is 1.72. The molecule has 1 aromatic heterocycles. The number of nitrogens with two attached hydrogens (primary N) is 1. The van der Waals surface area contributed by atoms with Crippen molar-refractivity contribution in [3.63, 3.8) is 0 Å². The number of aromatic nitrogens is 2. The summed E-state index contributed by atoms with van der Waals surface area (Å²) in [5, 5.41) is 6.40. The third kappa shape index (κ3) is 2.65. The van der Waals surface area contributed by atoms with Gasteiger partial charge in [-0.1, -0.05) is 12.1 Å². The zero-order valence-electron chi connectivity index (χ0n) is 9.85. The number of nitrogens with zero attached hydrogens (tertiary/aromatic N) is 2. The van der Waals surface area contributed by atoms with Crippen molar-refractivity contribution >= 4 is 17.4 Å². The largest absolute Gasteiger partial charge is 0.382 e. The second-order valence-electron chi connectivity index (χ2n) is 3.92. The number of benzene rings is 1. The molecule has 0 unspecified atom stereocenters. The Balaban J connectivity index is 2.08. The number of carbonyl (C=O) groups excluding carboxylic acids is 1. The van der Waals surface area contributed by atoms with Crippen LogP contribution in [0.15, 0.2) is 30.5 Å². The number of hydrogen-bond acceptors (Lipinski definition) is 3. The number of amides is 1. The van der Waals surface area contributed by atoms with Gasteiger partial charge in [0.2, 0.25) is 5.91 Å². The number of carbonyl (C=O) groups is 1. The zero-order chi connectivity index (χ0) is 13.1. The molecular weight excluding hydrogens is 235 g/mol. The summed E-state index contributed by atoms with van der Waals surface area (Å²) in [6.07, 6.45) is 1.59. The topological polar surface area (TPSA) is 72.9 Å². The Kier molecular flexibility index (Phi) is 3.27. The summed E-state index contributed by atoms with van der Waals surface area (Å²) in [6, 6.07) is 6.20. The van der Waals surface area contributed by atoms with Gasteiger partial charge in [0, 0.05) is 6.20 Å². The van der Waals surface area contributed by atoms with Crippen molar-refractivity contribution in [2.45, 2.75) is 13.5 Å². The smallest absolute Gasteiger partial charge is 0.246 e. The zero-order valence-corrected chi connectivity index (χ0v) is 9.85. The molecule has 1 aromatic carbocycles.